The number of nitrogens with two attached hydrogens (primary N) is 1. The van der Waals surface area contributed by atoms with E-state index in [0.29, 0.717) is 13.2 Å². The maximum Gasteiger partial charge on any atom is 0.188 e. The van der Waals surface area contributed by atoms with E-state index in [2.05, 4.69) is 9.97 Å². The molecule has 20 heavy (non-hydrogen) atoms. The van der Waals surface area contributed by atoms with Crippen LogP contribution < -0.4 is 10.5 Å². The SMILES string of the molecule is Cc1cc(C)nc(SCCOc2cccc(CN)c2)n1. The van der Waals surface area contributed by atoms with Crippen LogP contribution in [0.1, 0.15) is 17.0 Å². The van der Waals surface area contributed by atoms with Crippen molar-refractivity contribution in [2.45, 2.75) is 25.5 Å². The highest BCUT2D eigenvalue weighted by Gasteiger charge is 2.01. The number of benzene rings is 1. The molecule has 4 nitrogen and oxygen atoms in total. The molecule has 0 bridgehead atoms. The van der Waals surface area contributed by atoms with Crippen LogP contribution in [0.3, 0.4) is 0 Å². The average Bonchev–Trinajstić information content (AvgIpc) is 2.43. The van der Waals surface area contributed by atoms with Crippen molar-refractivity contribution in [3.05, 3.63) is 47.3 Å². The second-order valence-corrected chi connectivity index (χ2v) is 5.54. The fourth-order valence-electron chi connectivity index (χ4n) is 1.81. The summed E-state index contributed by atoms with van der Waals surface area (Å²) in [6, 6.07) is 9.83. The van der Waals surface area contributed by atoms with Crippen molar-refractivity contribution in [1.29, 1.82) is 0 Å². The van der Waals surface area contributed by atoms with Crippen molar-refractivity contribution in [1.82, 2.24) is 9.97 Å². The Bertz CT molecular complexity index is 555. The lowest BCUT2D eigenvalue weighted by Gasteiger charge is -2.07. The Kier molecular flexibility index (Phi) is 5.38. The molecule has 0 unspecified atom stereocenters. The highest BCUT2D eigenvalue weighted by Crippen LogP contribution is 2.16. The highest BCUT2D eigenvalue weighted by atomic mass is 32.2. The molecule has 2 rings (SSSR count). The van der Waals surface area contributed by atoms with E-state index in [4.69, 9.17) is 10.5 Å². The largest absolute Gasteiger partial charge is 0.493 e. The first-order valence-corrected chi connectivity index (χ1v) is 7.53. The second-order valence-electron chi connectivity index (χ2n) is 4.48. The maximum absolute atomic E-state index is 5.70. The average molecular weight is 289 g/mol. The zero-order valence-electron chi connectivity index (χ0n) is 11.8. The molecule has 2 N–H and O–H groups in total. The lowest BCUT2D eigenvalue weighted by atomic mass is 10.2. The van der Waals surface area contributed by atoms with Gasteiger partial charge in [-0.15, -0.1) is 0 Å². The Morgan fingerprint density at radius 1 is 1.15 bits per heavy atom. The van der Waals surface area contributed by atoms with Crippen molar-refractivity contribution < 1.29 is 4.74 Å². The van der Waals surface area contributed by atoms with Gasteiger partial charge in [-0.05, 0) is 37.6 Å². The molecule has 1 aromatic carbocycles. The van der Waals surface area contributed by atoms with Crippen LogP contribution in [0.4, 0.5) is 0 Å². The van der Waals surface area contributed by atoms with E-state index in [1.54, 1.807) is 11.8 Å². The van der Waals surface area contributed by atoms with Crippen molar-refractivity contribution in [3.63, 3.8) is 0 Å². The third kappa shape index (κ3) is 4.51. The van der Waals surface area contributed by atoms with Gasteiger partial charge in [0, 0.05) is 23.7 Å². The topological polar surface area (TPSA) is 61.0 Å². The molecular weight excluding hydrogens is 270 g/mol. The van der Waals surface area contributed by atoms with Crippen LogP contribution in [0, 0.1) is 13.8 Å². The number of hydrogen-bond donors (Lipinski definition) is 1. The number of nitrogens with zero attached hydrogens (tertiary/aromatic N) is 2. The first-order valence-electron chi connectivity index (χ1n) is 6.54. The van der Waals surface area contributed by atoms with Crippen molar-refractivity contribution in [3.8, 4) is 5.75 Å². The first kappa shape index (κ1) is 14.8. The molecule has 2 aromatic rings. The van der Waals surface area contributed by atoms with Crippen LogP contribution in [-0.4, -0.2) is 22.3 Å². The van der Waals surface area contributed by atoms with E-state index in [1.165, 1.54) is 0 Å². The van der Waals surface area contributed by atoms with E-state index in [0.717, 1.165) is 33.6 Å². The molecule has 106 valence electrons. The Balaban J connectivity index is 1.81. The Labute approximate surface area is 123 Å². The molecule has 1 aromatic heterocycles. The van der Waals surface area contributed by atoms with Crippen molar-refractivity contribution >= 4 is 11.8 Å². The molecule has 5 heteroatoms. The van der Waals surface area contributed by atoms with Gasteiger partial charge in [-0.3, -0.25) is 0 Å². The Morgan fingerprint density at radius 3 is 2.60 bits per heavy atom. The van der Waals surface area contributed by atoms with Gasteiger partial charge in [0.15, 0.2) is 5.16 Å². The second kappa shape index (κ2) is 7.26. The predicted octanol–water partition coefficient (Wildman–Crippen LogP) is 2.72. The van der Waals surface area contributed by atoms with Gasteiger partial charge in [-0.1, -0.05) is 23.9 Å². The monoisotopic (exact) mass is 289 g/mol. The fourth-order valence-corrected chi connectivity index (χ4v) is 2.58. The van der Waals surface area contributed by atoms with E-state index in [9.17, 15) is 0 Å². The molecule has 0 aliphatic carbocycles. The minimum absolute atomic E-state index is 0.530. The summed E-state index contributed by atoms with van der Waals surface area (Å²) >= 11 is 1.61. The lowest BCUT2D eigenvalue weighted by molar-refractivity contribution is 0.343. The number of aryl methyl sites for hydroxylation is 2. The van der Waals surface area contributed by atoms with Gasteiger partial charge in [-0.2, -0.15) is 0 Å². The lowest BCUT2D eigenvalue weighted by Crippen LogP contribution is -2.03. The molecule has 0 atom stereocenters. The van der Waals surface area contributed by atoms with Crippen LogP contribution in [0.15, 0.2) is 35.5 Å². The summed E-state index contributed by atoms with van der Waals surface area (Å²) in [5.41, 5.74) is 8.67. The number of hydrogen-bond acceptors (Lipinski definition) is 5. The molecule has 0 spiro atoms. The number of thioether (sulfide) groups is 1. The molecular formula is C15H19N3OS. The minimum atomic E-state index is 0.530. The van der Waals surface area contributed by atoms with Crippen molar-refractivity contribution in [2.75, 3.05) is 12.4 Å². The Hall–Kier alpha value is -1.59. The van der Waals surface area contributed by atoms with Crippen LogP contribution >= 0.6 is 11.8 Å². The van der Waals surface area contributed by atoms with Crippen LogP contribution in [-0.2, 0) is 6.54 Å². The molecule has 0 saturated carbocycles. The zero-order valence-corrected chi connectivity index (χ0v) is 12.6. The van der Waals surface area contributed by atoms with Crippen LogP contribution in [0.25, 0.3) is 0 Å². The van der Waals surface area contributed by atoms with Gasteiger partial charge < -0.3 is 10.5 Å². The summed E-state index contributed by atoms with van der Waals surface area (Å²) < 4.78 is 5.70. The summed E-state index contributed by atoms with van der Waals surface area (Å²) in [6.07, 6.45) is 0. The van der Waals surface area contributed by atoms with Crippen molar-refractivity contribution in [2.24, 2.45) is 5.73 Å². The summed E-state index contributed by atoms with van der Waals surface area (Å²) in [5, 5.41) is 0.807. The quantitative estimate of drug-likeness (QED) is 0.503. The van der Waals surface area contributed by atoms with Crippen LogP contribution in [0.5, 0.6) is 5.75 Å². The fraction of sp³-hybridized carbons (Fsp3) is 0.333. The number of aromatic nitrogens is 2. The zero-order chi connectivity index (χ0) is 14.4. The van der Waals surface area contributed by atoms with E-state index in [-0.39, 0.29) is 0 Å². The number of rotatable bonds is 6. The van der Waals surface area contributed by atoms with Gasteiger partial charge in [0.25, 0.3) is 0 Å². The Morgan fingerprint density at radius 2 is 1.90 bits per heavy atom. The van der Waals surface area contributed by atoms with Crippen LogP contribution in [0.2, 0.25) is 0 Å². The first-order chi connectivity index (χ1) is 9.67. The van der Waals surface area contributed by atoms with Gasteiger partial charge in [0.05, 0.1) is 6.61 Å². The molecule has 0 aliphatic rings. The minimum Gasteiger partial charge on any atom is -0.493 e. The molecule has 0 aliphatic heterocycles. The molecule has 0 fully saturated rings. The van der Waals surface area contributed by atoms with E-state index < -0.39 is 0 Å². The highest BCUT2D eigenvalue weighted by molar-refractivity contribution is 7.99. The third-order valence-electron chi connectivity index (χ3n) is 2.68. The maximum atomic E-state index is 5.70. The predicted molar refractivity (Wildman–Crippen MR) is 82.1 cm³/mol. The summed E-state index contributed by atoms with van der Waals surface area (Å²) in [5.74, 6) is 1.67. The molecule has 0 amide bonds. The molecule has 0 radical (unpaired) electrons. The standard InChI is InChI=1S/C15H19N3OS/c1-11-8-12(2)18-15(17-11)20-7-6-19-14-5-3-4-13(9-14)10-16/h3-5,8-9H,6-7,10,16H2,1-2H3. The van der Waals surface area contributed by atoms with E-state index >= 15 is 0 Å². The smallest absolute Gasteiger partial charge is 0.188 e. The van der Waals surface area contributed by atoms with E-state index in [1.807, 2.05) is 44.2 Å². The summed E-state index contributed by atoms with van der Waals surface area (Å²) in [6.45, 7) is 5.11. The van der Waals surface area contributed by atoms with Gasteiger partial charge in [0.1, 0.15) is 5.75 Å². The summed E-state index contributed by atoms with van der Waals surface area (Å²) in [7, 11) is 0. The molecule has 0 saturated heterocycles. The van der Waals surface area contributed by atoms with Gasteiger partial charge >= 0.3 is 0 Å². The normalized spacial score (nSPS) is 10.6. The number of ether oxygens (including phenoxy) is 1. The third-order valence-corrected chi connectivity index (χ3v) is 3.49. The van der Waals surface area contributed by atoms with Gasteiger partial charge in [0.2, 0.25) is 0 Å². The molecule has 1 heterocycles. The summed E-state index contributed by atoms with van der Waals surface area (Å²) in [4.78, 5) is 8.77. The van der Waals surface area contributed by atoms with Gasteiger partial charge in [-0.25, -0.2) is 9.97 Å².